The molecule has 0 aromatic heterocycles. The summed E-state index contributed by atoms with van der Waals surface area (Å²) in [6, 6.07) is 33.4. The molecule has 0 aliphatic heterocycles. The van der Waals surface area contributed by atoms with Crippen LogP contribution in [-0.4, -0.2) is 37.7 Å². The quantitative estimate of drug-likeness (QED) is 0.566. The maximum atomic E-state index is 8.89. The molecule has 0 heterocycles. The Kier molecular flexibility index (Phi) is 9.05. The molecule has 4 heteroatoms. The third-order valence-electron chi connectivity index (χ3n) is 4.69. The lowest BCUT2D eigenvalue weighted by atomic mass is 10.3. The van der Waals surface area contributed by atoms with E-state index in [1.54, 1.807) is 0 Å². The van der Waals surface area contributed by atoms with E-state index in [4.69, 9.17) is 9.90 Å². The summed E-state index contributed by atoms with van der Waals surface area (Å²) >= 11 is 0. The second kappa shape index (κ2) is 11.5. The number of carbonyl (C=O) groups excluding carboxylic acids is 1. The van der Waals surface area contributed by atoms with Crippen LogP contribution >= 0.6 is 7.26 Å². The molecule has 0 saturated carbocycles. The van der Waals surface area contributed by atoms with Crippen LogP contribution in [0.1, 0.15) is 13.3 Å². The number of aliphatic carboxylic acids is 1. The Balaban J connectivity index is 0.000000687. The van der Waals surface area contributed by atoms with Crippen molar-refractivity contribution in [2.75, 3.05) is 26.8 Å². The van der Waals surface area contributed by atoms with Crippen molar-refractivity contribution in [3.63, 3.8) is 0 Å². The monoisotopic (exact) mass is 407 g/mol. The van der Waals surface area contributed by atoms with Crippen LogP contribution in [-0.2, 0) is 4.79 Å². The predicted octanol–water partition coefficient (Wildman–Crippen LogP) is 2.69. The molecule has 0 spiro atoms. The van der Waals surface area contributed by atoms with Gasteiger partial charge in [-0.25, -0.2) is 0 Å². The fourth-order valence-electron chi connectivity index (χ4n) is 3.51. The van der Waals surface area contributed by atoms with Crippen molar-refractivity contribution in [1.29, 1.82) is 0 Å². The van der Waals surface area contributed by atoms with Crippen LogP contribution in [0.4, 0.5) is 0 Å². The first-order valence-corrected chi connectivity index (χ1v) is 11.8. The first-order valence-electron chi connectivity index (χ1n) is 9.84. The zero-order chi connectivity index (χ0) is 21.1. The molecule has 152 valence electrons. The SMILES string of the molecule is CC(=O)[O-].CN(C)CCC[P+](c1ccccc1)(c1ccccc1)c1ccccc1. The summed E-state index contributed by atoms with van der Waals surface area (Å²) in [6.45, 7) is 2.09. The predicted molar refractivity (Wildman–Crippen MR) is 124 cm³/mol. The Hall–Kier alpha value is -2.48. The molecular formula is C25H30NO2P. The Labute approximate surface area is 175 Å². The van der Waals surface area contributed by atoms with Gasteiger partial charge in [0.05, 0.1) is 6.16 Å². The Morgan fingerprint density at radius 2 is 1.07 bits per heavy atom. The van der Waals surface area contributed by atoms with Gasteiger partial charge in [0.15, 0.2) is 0 Å². The largest absolute Gasteiger partial charge is 0.550 e. The fourth-order valence-corrected chi connectivity index (χ4v) is 7.83. The highest BCUT2D eigenvalue weighted by Gasteiger charge is 2.44. The van der Waals surface area contributed by atoms with Gasteiger partial charge in [-0.15, -0.1) is 0 Å². The van der Waals surface area contributed by atoms with Crippen molar-refractivity contribution >= 4 is 29.1 Å². The molecule has 0 atom stereocenters. The van der Waals surface area contributed by atoms with Crippen LogP contribution in [0.5, 0.6) is 0 Å². The van der Waals surface area contributed by atoms with Gasteiger partial charge in [0, 0.05) is 12.5 Å². The van der Waals surface area contributed by atoms with Gasteiger partial charge in [-0.05, 0) is 63.8 Å². The average Bonchev–Trinajstić information content (AvgIpc) is 2.73. The molecule has 0 aliphatic carbocycles. The van der Waals surface area contributed by atoms with Gasteiger partial charge in [0.1, 0.15) is 23.2 Å². The number of rotatable bonds is 7. The molecule has 3 rings (SSSR count). The van der Waals surface area contributed by atoms with Crippen LogP contribution in [0.25, 0.3) is 0 Å². The van der Waals surface area contributed by atoms with Gasteiger partial charge in [-0.3, -0.25) is 0 Å². The van der Waals surface area contributed by atoms with E-state index < -0.39 is 13.2 Å². The second-order valence-corrected chi connectivity index (χ2v) is 10.8. The zero-order valence-electron chi connectivity index (χ0n) is 17.5. The third-order valence-corrected chi connectivity index (χ3v) is 9.22. The van der Waals surface area contributed by atoms with Gasteiger partial charge in [-0.2, -0.15) is 0 Å². The summed E-state index contributed by atoms with van der Waals surface area (Å²) in [5, 5.41) is 13.3. The first kappa shape index (κ1) is 22.8. The molecule has 0 fully saturated rings. The van der Waals surface area contributed by atoms with E-state index in [0.29, 0.717) is 0 Å². The van der Waals surface area contributed by atoms with E-state index in [-0.39, 0.29) is 0 Å². The van der Waals surface area contributed by atoms with Crippen molar-refractivity contribution in [3.05, 3.63) is 91.0 Å². The van der Waals surface area contributed by atoms with E-state index in [9.17, 15) is 0 Å². The zero-order valence-corrected chi connectivity index (χ0v) is 18.4. The smallest absolute Gasteiger partial charge is 0.112 e. The van der Waals surface area contributed by atoms with Crippen molar-refractivity contribution in [3.8, 4) is 0 Å². The van der Waals surface area contributed by atoms with Gasteiger partial charge in [0.25, 0.3) is 0 Å². The van der Waals surface area contributed by atoms with E-state index in [0.717, 1.165) is 13.5 Å². The maximum Gasteiger partial charge on any atom is 0.112 e. The molecule has 3 nitrogen and oxygen atoms in total. The van der Waals surface area contributed by atoms with Crippen LogP contribution < -0.4 is 21.0 Å². The molecule has 0 radical (unpaired) electrons. The normalized spacial score (nSPS) is 10.9. The highest BCUT2D eigenvalue weighted by Crippen LogP contribution is 2.55. The number of carboxylic acids is 1. The number of carbonyl (C=O) groups is 1. The minimum absolute atomic E-state index is 0.972. The average molecular weight is 407 g/mol. The van der Waals surface area contributed by atoms with Crippen molar-refractivity contribution < 1.29 is 9.90 Å². The molecule has 3 aromatic rings. The van der Waals surface area contributed by atoms with E-state index in [1.165, 1.54) is 28.5 Å². The van der Waals surface area contributed by atoms with Crippen molar-refractivity contribution in [2.45, 2.75) is 13.3 Å². The molecule has 0 N–H and O–H groups in total. The van der Waals surface area contributed by atoms with Crippen LogP contribution in [0.2, 0.25) is 0 Å². The molecule has 0 saturated heterocycles. The molecule has 0 unspecified atom stereocenters. The van der Waals surface area contributed by atoms with Gasteiger partial charge in [0.2, 0.25) is 0 Å². The molecule has 0 bridgehead atoms. The standard InChI is InChI=1S/C23H27NP.C2H4O2/c1-24(2)19-12-20-25(21-13-6-3-7-14-21,22-15-8-4-9-16-22)23-17-10-5-11-18-23;1-2(3)4/h3-11,13-18H,12,19-20H2,1-2H3;1H3,(H,3,4)/q+1;/p-1. The van der Waals surface area contributed by atoms with Crippen LogP contribution in [0.3, 0.4) is 0 Å². The Morgan fingerprint density at radius 1 is 0.759 bits per heavy atom. The summed E-state index contributed by atoms with van der Waals surface area (Å²) < 4.78 is 0. The lowest BCUT2D eigenvalue weighted by Crippen LogP contribution is -2.34. The van der Waals surface area contributed by atoms with Gasteiger partial charge < -0.3 is 14.8 Å². The number of benzene rings is 3. The van der Waals surface area contributed by atoms with Crippen molar-refractivity contribution in [2.24, 2.45) is 0 Å². The molecule has 0 aliphatic rings. The molecule has 3 aromatic carbocycles. The second-order valence-electron chi connectivity index (χ2n) is 7.19. The summed E-state index contributed by atoms with van der Waals surface area (Å²) in [4.78, 5) is 11.2. The van der Waals surface area contributed by atoms with Crippen molar-refractivity contribution in [1.82, 2.24) is 4.90 Å². The Bertz CT molecular complexity index is 751. The number of nitrogens with zero attached hydrogens (tertiary/aromatic N) is 1. The van der Waals surface area contributed by atoms with E-state index in [1.807, 2.05) is 0 Å². The van der Waals surface area contributed by atoms with Gasteiger partial charge in [-0.1, -0.05) is 54.6 Å². The molecule has 29 heavy (non-hydrogen) atoms. The molecular weight excluding hydrogens is 377 g/mol. The number of hydrogen-bond acceptors (Lipinski definition) is 3. The molecule has 0 amide bonds. The lowest BCUT2D eigenvalue weighted by molar-refractivity contribution is -0.302. The van der Waals surface area contributed by atoms with E-state index >= 15 is 0 Å². The third kappa shape index (κ3) is 6.52. The summed E-state index contributed by atoms with van der Waals surface area (Å²) in [6.07, 6.45) is 2.39. The highest BCUT2D eigenvalue weighted by atomic mass is 31.2. The minimum atomic E-state index is -1.64. The fraction of sp³-hybridized carbons (Fsp3) is 0.240. The topological polar surface area (TPSA) is 43.4 Å². The minimum Gasteiger partial charge on any atom is -0.550 e. The summed E-state index contributed by atoms with van der Waals surface area (Å²) in [5.41, 5.74) is 0. The van der Waals surface area contributed by atoms with Gasteiger partial charge >= 0.3 is 0 Å². The lowest BCUT2D eigenvalue weighted by Gasteiger charge is -2.28. The van der Waals surface area contributed by atoms with Crippen LogP contribution in [0, 0.1) is 0 Å². The van der Waals surface area contributed by atoms with E-state index in [2.05, 4.69) is 110 Å². The number of hydrogen-bond donors (Lipinski definition) is 0. The first-order chi connectivity index (χ1) is 14.0. The number of carboxylic acid groups (broad SMARTS) is 1. The summed E-state index contributed by atoms with van der Waals surface area (Å²) in [5.74, 6) is -1.08. The Morgan fingerprint density at radius 3 is 1.34 bits per heavy atom. The van der Waals surface area contributed by atoms with Crippen LogP contribution in [0.15, 0.2) is 91.0 Å². The summed E-state index contributed by atoms with van der Waals surface area (Å²) in [7, 11) is 2.68. The highest BCUT2D eigenvalue weighted by molar-refractivity contribution is 7.95. The maximum absolute atomic E-state index is 8.89.